The molecule has 4 saturated carbocycles. The van der Waals surface area contributed by atoms with Gasteiger partial charge in [0.2, 0.25) is 5.91 Å². The number of anilines is 1. The summed E-state index contributed by atoms with van der Waals surface area (Å²) in [5, 5.41) is 13.4. The predicted octanol–water partition coefficient (Wildman–Crippen LogP) is 7.06. The summed E-state index contributed by atoms with van der Waals surface area (Å²) in [4.78, 5) is 12.5. The van der Waals surface area contributed by atoms with Gasteiger partial charge in [0.15, 0.2) is 0 Å². The van der Waals surface area contributed by atoms with Crippen LogP contribution in [0.4, 0.5) is 5.69 Å². The SMILES string of the molecule is C[C@H](CCC(=O)Nc1ccccc1)[C@H]1CCC2C3CCC4C[C@H](O)CCC4(C)C3CCC21C. The number of benzene rings is 1. The van der Waals surface area contributed by atoms with Crippen molar-refractivity contribution in [2.45, 2.75) is 97.5 Å². The average molecular weight is 452 g/mol. The van der Waals surface area contributed by atoms with Crippen molar-refractivity contribution >= 4 is 11.6 Å². The molecule has 6 unspecified atom stereocenters. The van der Waals surface area contributed by atoms with Crippen LogP contribution in [0, 0.1) is 46.3 Å². The maximum atomic E-state index is 12.5. The molecule has 9 atom stereocenters. The monoisotopic (exact) mass is 451 g/mol. The van der Waals surface area contributed by atoms with Crippen LogP contribution in [0.2, 0.25) is 0 Å². The highest BCUT2D eigenvalue weighted by Gasteiger charge is 2.60. The van der Waals surface area contributed by atoms with Crippen LogP contribution in [0.5, 0.6) is 0 Å². The number of aliphatic hydroxyl groups is 1. The van der Waals surface area contributed by atoms with Crippen LogP contribution in [0.1, 0.15) is 91.4 Å². The van der Waals surface area contributed by atoms with Gasteiger partial charge in [0.05, 0.1) is 6.10 Å². The van der Waals surface area contributed by atoms with E-state index < -0.39 is 0 Å². The van der Waals surface area contributed by atoms with Gasteiger partial charge in [0.25, 0.3) is 0 Å². The van der Waals surface area contributed by atoms with E-state index in [0.29, 0.717) is 23.2 Å². The molecule has 1 amide bonds. The fourth-order valence-electron chi connectivity index (χ4n) is 9.52. The second-order valence-corrected chi connectivity index (χ2v) is 12.7. The second-order valence-electron chi connectivity index (χ2n) is 12.7. The van der Waals surface area contributed by atoms with Crippen LogP contribution in [-0.2, 0) is 4.79 Å². The first-order chi connectivity index (χ1) is 15.8. The van der Waals surface area contributed by atoms with Crippen molar-refractivity contribution in [3.05, 3.63) is 30.3 Å². The Morgan fingerprint density at radius 1 is 1.00 bits per heavy atom. The number of rotatable bonds is 5. The highest BCUT2D eigenvalue weighted by molar-refractivity contribution is 5.90. The summed E-state index contributed by atoms with van der Waals surface area (Å²) in [6.07, 6.45) is 13.1. The molecular weight excluding hydrogens is 406 g/mol. The summed E-state index contributed by atoms with van der Waals surface area (Å²) in [7, 11) is 0. The van der Waals surface area contributed by atoms with Gasteiger partial charge in [-0.05, 0) is 123 Å². The van der Waals surface area contributed by atoms with E-state index in [1.807, 2.05) is 30.3 Å². The number of hydrogen-bond donors (Lipinski definition) is 2. The maximum Gasteiger partial charge on any atom is 0.224 e. The molecule has 0 spiro atoms. The van der Waals surface area contributed by atoms with Gasteiger partial charge in [-0.15, -0.1) is 0 Å². The third-order valence-electron chi connectivity index (χ3n) is 11.3. The van der Waals surface area contributed by atoms with E-state index >= 15 is 0 Å². The van der Waals surface area contributed by atoms with Crippen molar-refractivity contribution in [2.75, 3.05) is 5.32 Å². The first kappa shape index (κ1) is 23.4. The summed E-state index contributed by atoms with van der Waals surface area (Å²) < 4.78 is 0. The van der Waals surface area contributed by atoms with E-state index in [9.17, 15) is 9.90 Å². The molecule has 0 heterocycles. The maximum absolute atomic E-state index is 12.5. The number of carbonyl (C=O) groups excluding carboxylic acids is 1. The molecule has 1 aromatic carbocycles. The average Bonchev–Trinajstić information content (AvgIpc) is 3.16. The van der Waals surface area contributed by atoms with Gasteiger partial charge in [0, 0.05) is 12.1 Å². The van der Waals surface area contributed by atoms with Crippen molar-refractivity contribution < 1.29 is 9.90 Å². The number of carbonyl (C=O) groups is 1. The summed E-state index contributed by atoms with van der Waals surface area (Å²) in [6, 6.07) is 9.85. The Labute approximate surface area is 201 Å². The molecule has 3 heteroatoms. The van der Waals surface area contributed by atoms with E-state index in [4.69, 9.17) is 0 Å². The van der Waals surface area contributed by atoms with E-state index in [0.717, 1.165) is 54.5 Å². The zero-order valence-corrected chi connectivity index (χ0v) is 21.1. The zero-order chi connectivity index (χ0) is 23.2. The van der Waals surface area contributed by atoms with Gasteiger partial charge in [-0.25, -0.2) is 0 Å². The van der Waals surface area contributed by atoms with Gasteiger partial charge in [0.1, 0.15) is 0 Å². The normalized spacial score (nSPS) is 43.2. The molecule has 4 aliphatic carbocycles. The lowest BCUT2D eigenvalue weighted by molar-refractivity contribution is -0.129. The third-order valence-corrected chi connectivity index (χ3v) is 11.3. The summed E-state index contributed by atoms with van der Waals surface area (Å²) in [6.45, 7) is 7.62. The minimum atomic E-state index is -0.0516. The van der Waals surface area contributed by atoms with Gasteiger partial charge in [-0.3, -0.25) is 4.79 Å². The molecule has 0 radical (unpaired) electrons. The second kappa shape index (κ2) is 9.02. The van der Waals surface area contributed by atoms with Crippen molar-refractivity contribution in [3.8, 4) is 0 Å². The summed E-state index contributed by atoms with van der Waals surface area (Å²) >= 11 is 0. The molecular formula is C30H45NO2. The van der Waals surface area contributed by atoms with E-state index in [2.05, 4.69) is 26.1 Å². The van der Waals surface area contributed by atoms with Crippen molar-refractivity contribution in [1.82, 2.24) is 0 Å². The molecule has 4 fully saturated rings. The highest BCUT2D eigenvalue weighted by atomic mass is 16.3. The molecule has 5 rings (SSSR count). The Bertz CT molecular complexity index is 839. The Morgan fingerprint density at radius 3 is 2.52 bits per heavy atom. The van der Waals surface area contributed by atoms with Gasteiger partial charge in [-0.2, -0.15) is 0 Å². The first-order valence-corrected chi connectivity index (χ1v) is 13.8. The molecule has 2 N–H and O–H groups in total. The first-order valence-electron chi connectivity index (χ1n) is 13.8. The Morgan fingerprint density at radius 2 is 1.73 bits per heavy atom. The highest BCUT2D eigenvalue weighted by Crippen LogP contribution is 2.68. The molecule has 33 heavy (non-hydrogen) atoms. The molecule has 3 nitrogen and oxygen atoms in total. The molecule has 1 aromatic rings. The molecule has 0 aromatic heterocycles. The minimum Gasteiger partial charge on any atom is -0.393 e. The molecule has 182 valence electrons. The number of para-hydroxylation sites is 1. The van der Waals surface area contributed by atoms with E-state index in [-0.39, 0.29) is 12.0 Å². The quantitative estimate of drug-likeness (QED) is 0.503. The van der Waals surface area contributed by atoms with Crippen molar-refractivity contribution in [3.63, 3.8) is 0 Å². The smallest absolute Gasteiger partial charge is 0.224 e. The number of nitrogens with one attached hydrogen (secondary N) is 1. The standard InChI is InChI=1S/C30H45NO2/c1-20(9-14-28(33)31-22-7-5-4-6-8-22)25-12-13-26-24-11-10-21-19-23(32)15-17-29(21,2)27(24)16-18-30(25,26)3/h4-8,20-21,23-27,32H,9-19H2,1-3H3,(H,31,33)/t20-,21?,23-,24?,25-,26?,27?,29?,30?/m1/s1. The lowest BCUT2D eigenvalue weighted by Gasteiger charge is -2.61. The topological polar surface area (TPSA) is 49.3 Å². The molecule has 0 aliphatic heterocycles. The zero-order valence-electron chi connectivity index (χ0n) is 21.1. The largest absolute Gasteiger partial charge is 0.393 e. The van der Waals surface area contributed by atoms with Crippen LogP contribution in [0.15, 0.2) is 30.3 Å². The van der Waals surface area contributed by atoms with Gasteiger partial charge in [-0.1, -0.05) is 39.0 Å². The fourth-order valence-corrected chi connectivity index (χ4v) is 9.52. The Kier molecular flexibility index (Phi) is 6.40. The lowest BCUT2D eigenvalue weighted by atomic mass is 9.44. The van der Waals surface area contributed by atoms with Crippen LogP contribution >= 0.6 is 0 Å². The Hall–Kier alpha value is -1.35. The molecule has 0 bridgehead atoms. The van der Waals surface area contributed by atoms with Crippen LogP contribution in [0.3, 0.4) is 0 Å². The number of amides is 1. The minimum absolute atomic E-state index is 0.0516. The predicted molar refractivity (Wildman–Crippen MR) is 135 cm³/mol. The number of aliphatic hydroxyl groups excluding tert-OH is 1. The Balaban J connectivity index is 1.22. The number of hydrogen-bond acceptors (Lipinski definition) is 2. The van der Waals surface area contributed by atoms with Gasteiger partial charge >= 0.3 is 0 Å². The van der Waals surface area contributed by atoms with Crippen LogP contribution in [-0.4, -0.2) is 17.1 Å². The van der Waals surface area contributed by atoms with Crippen LogP contribution in [0.25, 0.3) is 0 Å². The van der Waals surface area contributed by atoms with Crippen molar-refractivity contribution in [1.29, 1.82) is 0 Å². The summed E-state index contributed by atoms with van der Waals surface area (Å²) in [5.41, 5.74) is 1.82. The van der Waals surface area contributed by atoms with Crippen molar-refractivity contribution in [2.24, 2.45) is 46.3 Å². The van der Waals surface area contributed by atoms with Gasteiger partial charge < -0.3 is 10.4 Å². The van der Waals surface area contributed by atoms with Crippen LogP contribution < -0.4 is 5.32 Å². The third kappa shape index (κ3) is 4.17. The van der Waals surface area contributed by atoms with E-state index in [1.54, 1.807) is 0 Å². The molecule has 0 saturated heterocycles. The fraction of sp³-hybridized carbons (Fsp3) is 0.767. The lowest BCUT2D eigenvalue weighted by Crippen LogP contribution is -2.54. The van der Waals surface area contributed by atoms with E-state index in [1.165, 1.54) is 44.9 Å². The number of fused-ring (bicyclic) bond motifs is 5. The summed E-state index contributed by atoms with van der Waals surface area (Å²) in [5.74, 6) is 4.88. The molecule has 4 aliphatic rings.